The predicted molar refractivity (Wildman–Crippen MR) is 70.4 cm³/mol. The highest BCUT2D eigenvalue weighted by atomic mass is 35.5. The van der Waals surface area contributed by atoms with Gasteiger partial charge in [-0.25, -0.2) is 4.39 Å². The predicted octanol–water partition coefficient (Wildman–Crippen LogP) is 3.77. The van der Waals surface area contributed by atoms with Crippen LogP contribution in [0, 0.1) is 5.82 Å². The third kappa shape index (κ3) is 2.29. The molecule has 0 aromatic heterocycles. The first-order valence-corrected chi connectivity index (χ1v) is 6.66. The van der Waals surface area contributed by atoms with Crippen molar-refractivity contribution in [2.45, 2.75) is 37.5 Å². The van der Waals surface area contributed by atoms with Crippen LogP contribution in [-0.2, 0) is 10.2 Å². The molecule has 5 heteroatoms. The van der Waals surface area contributed by atoms with Crippen molar-refractivity contribution in [1.82, 2.24) is 0 Å². The minimum atomic E-state index is -1.14. The van der Waals surface area contributed by atoms with Gasteiger partial charge in [-0.3, -0.25) is 4.79 Å². The van der Waals surface area contributed by atoms with E-state index < -0.39 is 17.2 Å². The van der Waals surface area contributed by atoms with Crippen molar-refractivity contribution in [3.8, 4) is 5.75 Å². The van der Waals surface area contributed by atoms with E-state index in [1.807, 2.05) is 0 Å². The number of ether oxygens (including phenoxy) is 1. The third-order valence-corrected chi connectivity index (χ3v) is 4.17. The molecule has 1 aliphatic carbocycles. The summed E-state index contributed by atoms with van der Waals surface area (Å²) in [6.45, 7) is 0. The van der Waals surface area contributed by atoms with Gasteiger partial charge in [-0.15, -0.1) is 0 Å². The van der Waals surface area contributed by atoms with Gasteiger partial charge in [0, 0.05) is 10.6 Å². The fourth-order valence-electron chi connectivity index (χ4n) is 2.90. The van der Waals surface area contributed by atoms with Gasteiger partial charge in [0.1, 0.15) is 0 Å². The van der Waals surface area contributed by atoms with Crippen LogP contribution >= 0.6 is 11.6 Å². The highest BCUT2D eigenvalue weighted by molar-refractivity contribution is 6.32. The SMILES string of the molecule is COc1c(F)ccc(Cl)c1C1(C(=O)O)CCCCC1. The Kier molecular flexibility index (Phi) is 3.99. The van der Waals surface area contributed by atoms with Crippen molar-refractivity contribution < 1.29 is 19.0 Å². The average Bonchev–Trinajstić information content (AvgIpc) is 2.41. The van der Waals surface area contributed by atoms with Crippen LogP contribution in [0.4, 0.5) is 4.39 Å². The Balaban J connectivity index is 2.66. The number of carboxylic acids is 1. The Labute approximate surface area is 116 Å². The summed E-state index contributed by atoms with van der Waals surface area (Å²) in [7, 11) is 1.33. The monoisotopic (exact) mass is 286 g/mol. The van der Waals surface area contributed by atoms with Crippen molar-refractivity contribution >= 4 is 17.6 Å². The van der Waals surface area contributed by atoms with Gasteiger partial charge in [0.2, 0.25) is 0 Å². The van der Waals surface area contributed by atoms with Crippen LogP contribution in [0.5, 0.6) is 5.75 Å². The van der Waals surface area contributed by atoms with Crippen LogP contribution in [0.3, 0.4) is 0 Å². The molecule has 1 fully saturated rings. The standard InChI is InChI=1S/C14H16ClFO3/c1-19-12-10(16)6-5-9(15)11(12)14(13(17)18)7-3-2-4-8-14/h5-6H,2-4,7-8H2,1H3,(H,17,18). The lowest BCUT2D eigenvalue weighted by atomic mass is 9.69. The molecule has 0 amide bonds. The second-order valence-electron chi connectivity index (χ2n) is 4.89. The topological polar surface area (TPSA) is 46.5 Å². The first kappa shape index (κ1) is 14.1. The number of methoxy groups -OCH3 is 1. The van der Waals surface area contributed by atoms with E-state index >= 15 is 0 Å². The first-order valence-electron chi connectivity index (χ1n) is 6.29. The van der Waals surface area contributed by atoms with Crippen molar-refractivity contribution in [2.75, 3.05) is 7.11 Å². The Morgan fingerprint density at radius 3 is 2.53 bits per heavy atom. The molecule has 1 saturated carbocycles. The molecule has 0 saturated heterocycles. The fourth-order valence-corrected chi connectivity index (χ4v) is 3.23. The summed E-state index contributed by atoms with van der Waals surface area (Å²) in [4.78, 5) is 11.8. The zero-order chi connectivity index (χ0) is 14.0. The molecular weight excluding hydrogens is 271 g/mol. The van der Waals surface area contributed by atoms with Gasteiger partial charge in [-0.05, 0) is 25.0 Å². The van der Waals surface area contributed by atoms with Gasteiger partial charge < -0.3 is 9.84 Å². The maximum Gasteiger partial charge on any atom is 0.314 e. The second kappa shape index (κ2) is 5.37. The smallest absolute Gasteiger partial charge is 0.314 e. The Morgan fingerprint density at radius 1 is 1.37 bits per heavy atom. The second-order valence-corrected chi connectivity index (χ2v) is 5.29. The Bertz CT molecular complexity index is 496. The summed E-state index contributed by atoms with van der Waals surface area (Å²) < 4.78 is 18.9. The minimum Gasteiger partial charge on any atom is -0.493 e. The van der Waals surface area contributed by atoms with E-state index in [0.717, 1.165) is 19.3 Å². The van der Waals surface area contributed by atoms with Gasteiger partial charge in [-0.1, -0.05) is 30.9 Å². The highest BCUT2D eigenvalue weighted by Gasteiger charge is 2.45. The molecule has 1 N–H and O–H groups in total. The Hall–Kier alpha value is -1.29. The van der Waals surface area contributed by atoms with Crippen molar-refractivity contribution in [1.29, 1.82) is 0 Å². The summed E-state index contributed by atoms with van der Waals surface area (Å²) in [5, 5.41) is 9.89. The van der Waals surface area contributed by atoms with Crippen LogP contribution in [0.25, 0.3) is 0 Å². The highest BCUT2D eigenvalue weighted by Crippen LogP contribution is 2.47. The Morgan fingerprint density at radius 2 is 2.00 bits per heavy atom. The molecule has 0 spiro atoms. The lowest BCUT2D eigenvalue weighted by molar-refractivity contribution is -0.145. The molecular formula is C14H16ClFO3. The normalized spacial score (nSPS) is 18.1. The molecule has 1 aliphatic rings. The van der Waals surface area contributed by atoms with Crippen LogP contribution in [0.2, 0.25) is 5.02 Å². The number of hydrogen-bond acceptors (Lipinski definition) is 2. The molecule has 0 bridgehead atoms. The van der Waals surface area contributed by atoms with Crippen LogP contribution in [-0.4, -0.2) is 18.2 Å². The van der Waals surface area contributed by atoms with Crippen LogP contribution in [0.1, 0.15) is 37.7 Å². The molecule has 0 unspecified atom stereocenters. The van der Waals surface area contributed by atoms with Crippen LogP contribution in [0.15, 0.2) is 12.1 Å². The van der Waals surface area contributed by atoms with Gasteiger partial charge in [0.05, 0.1) is 12.5 Å². The van der Waals surface area contributed by atoms with Gasteiger partial charge in [0.15, 0.2) is 11.6 Å². The average molecular weight is 287 g/mol. The van der Waals surface area contributed by atoms with Crippen molar-refractivity contribution in [3.63, 3.8) is 0 Å². The number of aliphatic carboxylic acids is 1. The van der Waals surface area contributed by atoms with E-state index in [2.05, 4.69) is 0 Å². The summed E-state index contributed by atoms with van der Waals surface area (Å²) in [5.41, 5.74) is -0.855. The maximum absolute atomic E-state index is 13.8. The molecule has 3 nitrogen and oxygen atoms in total. The molecule has 0 heterocycles. The van der Waals surface area contributed by atoms with Crippen molar-refractivity contribution in [2.24, 2.45) is 0 Å². The molecule has 104 valence electrons. The lowest BCUT2D eigenvalue weighted by Gasteiger charge is -2.35. The number of rotatable bonds is 3. The minimum absolute atomic E-state index is 0.0446. The van der Waals surface area contributed by atoms with E-state index in [1.54, 1.807) is 0 Å². The van der Waals surface area contributed by atoms with Gasteiger partial charge >= 0.3 is 5.97 Å². The quantitative estimate of drug-likeness (QED) is 0.920. The number of carboxylic acid groups (broad SMARTS) is 1. The van der Waals surface area contributed by atoms with E-state index in [-0.39, 0.29) is 16.3 Å². The third-order valence-electron chi connectivity index (χ3n) is 3.86. The first-order chi connectivity index (χ1) is 9.03. The molecule has 19 heavy (non-hydrogen) atoms. The van der Waals surface area contributed by atoms with Gasteiger partial charge in [-0.2, -0.15) is 0 Å². The van der Waals surface area contributed by atoms with E-state index in [9.17, 15) is 14.3 Å². The summed E-state index contributed by atoms with van der Waals surface area (Å²) >= 11 is 6.14. The van der Waals surface area contributed by atoms with E-state index in [1.165, 1.54) is 19.2 Å². The maximum atomic E-state index is 13.8. The summed E-state index contributed by atoms with van der Waals surface area (Å²) in [5.74, 6) is -1.58. The number of carbonyl (C=O) groups is 1. The fraction of sp³-hybridized carbons (Fsp3) is 0.500. The van der Waals surface area contributed by atoms with Gasteiger partial charge in [0.25, 0.3) is 0 Å². The zero-order valence-corrected chi connectivity index (χ0v) is 11.5. The van der Waals surface area contributed by atoms with E-state index in [4.69, 9.17) is 16.3 Å². The zero-order valence-electron chi connectivity index (χ0n) is 10.7. The number of hydrogen-bond donors (Lipinski definition) is 1. The van der Waals surface area contributed by atoms with E-state index in [0.29, 0.717) is 12.8 Å². The molecule has 0 radical (unpaired) electrons. The summed E-state index contributed by atoms with van der Waals surface area (Å²) in [6.07, 6.45) is 3.50. The molecule has 2 rings (SSSR count). The molecule has 0 atom stereocenters. The van der Waals surface area contributed by atoms with Crippen molar-refractivity contribution in [3.05, 3.63) is 28.5 Å². The summed E-state index contributed by atoms with van der Waals surface area (Å²) in [6, 6.07) is 2.59. The van der Waals surface area contributed by atoms with Crippen LogP contribution < -0.4 is 4.74 Å². The lowest BCUT2D eigenvalue weighted by Crippen LogP contribution is -2.38. The molecule has 1 aromatic carbocycles. The molecule has 0 aliphatic heterocycles. The number of benzene rings is 1. The largest absolute Gasteiger partial charge is 0.493 e. The molecule has 1 aromatic rings. The number of halogens is 2.